The number of ether oxygens (including phenoxy) is 1. The molecule has 0 N–H and O–H groups in total. The summed E-state index contributed by atoms with van der Waals surface area (Å²) in [5.74, 6) is 2.84. The Hall–Kier alpha value is -1.45. The van der Waals surface area contributed by atoms with Crippen LogP contribution in [0.4, 0.5) is 0 Å². The monoisotopic (exact) mass is 318 g/mol. The molecule has 0 aromatic heterocycles. The fourth-order valence-corrected chi connectivity index (χ4v) is 3.39. The number of rotatable bonds is 7. The lowest BCUT2D eigenvalue weighted by atomic mass is 10.0. The summed E-state index contributed by atoms with van der Waals surface area (Å²) in [6, 6.07) is 0. The Morgan fingerprint density at radius 3 is 2.65 bits per heavy atom. The Morgan fingerprint density at radius 2 is 2.04 bits per heavy atom. The van der Waals surface area contributed by atoms with Crippen LogP contribution in [0.25, 0.3) is 0 Å². The van der Waals surface area contributed by atoms with Gasteiger partial charge in [-0.1, -0.05) is 0 Å². The van der Waals surface area contributed by atoms with Crippen LogP contribution in [-0.2, 0) is 9.53 Å². The van der Waals surface area contributed by atoms with Gasteiger partial charge in [-0.05, 0) is 12.8 Å². The molecule has 6 nitrogen and oxygen atoms in total. The van der Waals surface area contributed by atoms with E-state index in [9.17, 15) is 4.79 Å². The van der Waals surface area contributed by atoms with Crippen molar-refractivity contribution < 1.29 is 9.53 Å². The van der Waals surface area contributed by atoms with Gasteiger partial charge >= 0.3 is 0 Å². The van der Waals surface area contributed by atoms with Crippen LogP contribution in [0, 0.1) is 12.3 Å². The molecule has 0 aromatic carbocycles. The van der Waals surface area contributed by atoms with E-state index in [-0.39, 0.29) is 11.6 Å². The lowest BCUT2D eigenvalue weighted by Gasteiger charge is -2.35. The molecule has 3 heterocycles. The van der Waals surface area contributed by atoms with Gasteiger partial charge < -0.3 is 9.64 Å². The molecule has 3 aliphatic rings. The fourth-order valence-electron chi connectivity index (χ4n) is 3.39. The maximum atomic E-state index is 12.4. The van der Waals surface area contributed by atoms with Gasteiger partial charge in [-0.2, -0.15) is 10.2 Å². The lowest BCUT2D eigenvalue weighted by molar-refractivity contribution is -0.133. The van der Waals surface area contributed by atoms with E-state index in [4.69, 9.17) is 11.2 Å². The van der Waals surface area contributed by atoms with Crippen LogP contribution >= 0.6 is 0 Å². The molecule has 1 unspecified atom stereocenters. The highest BCUT2D eigenvalue weighted by atomic mass is 16.5. The molecule has 0 bridgehead atoms. The van der Waals surface area contributed by atoms with E-state index in [0.29, 0.717) is 25.4 Å². The summed E-state index contributed by atoms with van der Waals surface area (Å²) >= 11 is 0. The van der Waals surface area contributed by atoms with Crippen molar-refractivity contribution in [3.63, 3.8) is 0 Å². The lowest BCUT2D eigenvalue weighted by Crippen LogP contribution is -2.50. The van der Waals surface area contributed by atoms with Crippen LogP contribution in [0.3, 0.4) is 0 Å². The summed E-state index contributed by atoms with van der Waals surface area (Å²) < 4.78 is 5.69. The van der Waals surface area contributed by atoms with Gasteiger partial charge in [-0.15, -0.1) is 12.3 Å². The number of hydrogen-bond acceptors (Lipinski definition) is 5. The number of piperazine rings is 1. The second-order valence-corrected chi connectivity index (χ2v) is 6.70. The molecule has 6 heteroatoms. The molecule has 23 heavy (non-hydrogen) atoms. The summed E-state index contributed by atoms with van der Waals surface area (Å²) in [6.45, 7) is 5.44. The second kappa shape index (κ2) is 7.41. The quantitative estimate of drug-likeness (QED) is 0.671. The standard InChI is InChI=1S/C17H26N4O2/c1-2-3-7-17(18-19-17)8-6-16(22)21-11-9-20(10-12-21)14-15-5-4-13-23-15/h1,15H,3-14H2. The van der Waals surface area contributed by atoms with Gasteiger partial charge in [-0.3, -0.25) is 9.69 Å². The molecule has 1 amide bonds. The SMILES string of the molecule is C#CCCC1(CCC(=O)N2CCN(CC3CCCO3)CC2)N=N1. The predicted octanol–water partition coefficient (Wildman–Crippen LogP) is 1.67. The molecule has 126 valence electrons. The minimum absolute atomic E-state index is 0.221. The Morgan fingerprint density at radius 1 is 1.26 bits per heavy atom. The molecular weight excluding hydrogens is 292 g/mol. The van der Waals surface area contributed by atoms with Crippen molar-refractivity contribution in [3.8, 4) is 12.3 Å². The smallest absolute Gasteiger partial charge is 0.222 e. The predicted molar refractivity (Wildman–Crippen MR) is 86.9 cm³/mol. The molecule has 0 radical (unpaired) electrons. The van der Waals surface area contributed by atoms with E-state index in [0.717, 1.165) is 45.8 Å². The van der Waals surface area contributed by atoms with E-state index in [1.54, 1.807) is 0 Å². The molecular formula is C17H26N4O2. The van der Waals surface area contributed by atoms with Gasteiger partial charge in [0.05, 0.1) is 6.10 Å². The maximum Gasteiger partial charge on any atom is 0.222 e. The van der Waals surface area contributed by atoms with Gasteiger partial charge in [-0.25, -0.2) is 0 Å². The number of amides is 1. The first-order valence-electron chi connectivity index (χ1n) is 8.70. The van der Waals surface area contributed by atoms with Crippen LogP contribution in [0.5, 0.6) is 0 Å². The number of terminal acetylenes is 1. The van der Waals surface area contributed by atoms with Crippen molar-refractivity contribution in [1.82, 2.24) is 9.80 Å². The highest BCUT2D eigenvalue weighted by Gasteiger charge is 2.39. The third-order valence-corrected chi connectivity index (χ3v) is 5.00. The number of carbonyl (C=O) groups excluding carboxylic acids is 1. The zero-order valence-electron chi connectivity index (χ0n) is 13.7. The summed E-state index contributed by atoms with van der Waals surface area (Å²) in [7, 11) is 0. The van der Waals surface area contributed by atoms with E-state index >= 15 is 0 Å². The van der Waals surface area contributed by atoms with Gasteiger partial charge in [0.15, 0.2) is 5.66 Å². The first-order valence-corrected chi connectivity index (χ1v) is 8.70. The zero-order valence-corrected chi connectivity index (χ0v) is 13.7. The Bertz CT molecular complexity index is 479. The highest BCUT2D eigenvalue weighted by Crippen LogP contribution is 2.37. The Balaban J connectivity index is 1.34. The molecule has 0 spiro atoms. The summed E-state index contributed by atoms with van der Waals surface area (Å²) in [6.07, 6.45) is 10.7. The molecule has 1 atom stereocenters. The van der Waals surface area contributed by atoms with Crippen LogP contribution in [-0.4, -0.2) is 66.8 Å². The molecule has 0 aliphatic carbocycles. The van der Waals surface area contributed by atoms with E-state index in [1.807, 2.05) is 4.90 Å². The van der Waals surface area contributed by atoms with E-state index in [2.05, 4.69) is 21.0 Å². The minimum Gasteiger partial charge on any atom is -0.377 e. The summed E-state index contributed by atoms with van der Waals surface area (Å²) in [4.78, 5) is 16.7. The van der Waals surface area contributed by atoms with Crippen LogP contribution < -0.4 is 0 Å². The second-order valence-electron chi connectivity index (χ2n) is 6.70. The zero-order chi connectivity index (χ0) is 16.1. The van der Waals surface area contributed by atoms with Crippen molar-refractivity contribution in [3.05, 3.63) is 0 Å². The first-order chi connectivity index (χ1) is 11.2. The summed E-state index contributed by atoms with van der Waals surface area (Å²) in [5.41, 5.74) is -0.344. The van der Waals surface area contributed by atoms with Crippen LogP contribution in [0.1, 0.15) is 38.5 Å². The van der Waals surface area contributed by atoms with Gasteiger partial charge in [0.25, 0.3) is 0 Å². The third kappa shape index (κ3) is 4.52. The van der Waals surface area contributed by atoms with Crippen molar-refractivity contribution in [1.29, 1.82) is 0 Å². The molecule has 0 aromatic rings. The van der Waals surface area contributed by atoms with Crippen molar-refractivity contribution in [2.45, 2.75) is 50.3 Å². The van der Waals surface area contributed by atoms with E-state index < -0.39 is 0 Å². The highest BCUT2D eigenvalue weighted by molar-refractivity contribution is 5.76. The molecule has 2 fully saturated rings. The topological polar surface area (TPSA) is 57.5 Å². The largest absolute Gasteiger partial charge is 0.377 e. The maximum absolute atomic E-state index is 12.4. The van der Waals surface area contributed by atoms with Gasteiger partial charge in [0.1, 0.15) is 0 Å². The number of nitrogens with zero attached hydrogens (tertiary/aromatic N) is 4. The van der Waals surface area contributed by atoms with Crippen molar-refractivity contribution >= 4 is 5.91 Å². The average Bonchev–Trinajstić information content (AvgIpc) is 3.17. The van der Waals surface area contributed by atoms with Gasteiger partial charge in [0, 0.05) is 65.0 Å². The number of carbonyl (C=O) groups is 1. The van der Waals surface area contributed by atoms with Crippen molar-refractivity contribution in [2.24, 2.45) is 10.2 Å². The molecule has 0 saturated carbocycles. The Labute approximate surface area is 138 Å². The van der Waals surface area contributed by atoms with E-state index in [1.165, 1.54) is 12.8 Å². The average molecular weight is 318 g/mol. The normalized spacial score (nSPS) is 26.2. The first kappa shape index (κ1) is 16.4. The summed E-state index contributed by atoms with van der Waals surface area (Å²) in [5, 5.41) is 8.19. The molecule has 2 saturated heterocycles. The minimum atomic E-state index is -0.344. The van der Waals surface area contributed by atoms with Crippen molar-refractivity contribution in [2.75, 3.05) is 39.3 Å². The third-order valence-electron chi connectivity index (χ3n) is 5.00. The fraction of sp³-hybridized carbons (Fsp3) is 0.824. The van der Waals surface area contributed by atoms with Crippen LogP contribution in [0.2, 0.25) is 0 Å². The molecule has 3 rings (SSSR count). The van der Waals surface area contributed by atoms with Crippen LogP contribution in [0.15, 0.2) is 10.2 Å². The van der Waals surface area contributed by atoms with Gasteiger partial charge in [0.2, 0.25) is 5.91 Å². The Kier molecular flexibility index (Phi) is 5.29. The molecule has 3 aliphatic heterocycles. The number of hydrogen-bond donors (Lipinski definition) is 0.